The number of anilines is 4. The Bertz CT molecular complexity index is 1160. The fourth-order valence-electron chi connectivity index (χ4n) is 4.40. The van der Waals surface area contributed by atoms with Crippen LogP contribution in [0.15, 0.2) is 36.2 Å². The Balaban J connectivity index is 1.21. The van der Waals surface area contributed by atoms with Crippen LogP contribution in [0, 0.1) is 23.1 Å². The normalized spacial score (nSPS) is 20.6. The number of piperidine rings is 1. The average Bonchev–Trinajstić information content (AvgIpc) is 3.74. The van der Waals surface area contributed by atoms with Crippen LogP contribution in [0.25, 0.3) is 0 Å². The van der Waals surface area contributed by atoms with Crippen molar-refractivity contribution in [1.29, 1.82) is 5.26 Å². The van der Waals surface area contributed by atoms with E-state index >= 15 is 0 Å². The molecule has 0 bridgehead atoms. The predicted molar refractivity (Wildman–Crippen MR) is 132 cm³/mol. The van der Waals surface area contributed by atoms with E-state index in [1.165, 1.54) is 0 Å². The first kappa shape index (κ1) is 23.9. The van der Waals surface area contributed by atoms with Crippen molar-refractivity contribution in [1.82, 2.24) is 19.9 Å². The van der Waals surface area contributed by atoms with Crippen molar-refractivity contribution in [3.63, 3.8) is 0 Å². The molecule has 1 atom stereocenters. The van der Waals surface area contributed by atoms with Gasteiger partial charge in [-0.05, 0) is 43.7 Å². The highest BCUT2D eigenvalue weighted by atomic mass is 19.1. The molecule has 0 radical (unpaired) electrons. The predicted octanol–water partition coefficient (Wildman–Crippen LogP) is 2.85. The van der Waals surface area contributed by atoms with Crippen molar-refractivity contribution in [3.05, 3.63) is 42.0 Å². The number of amides is 1. The molecule has 36 heavy (non-hydrogen) atoms. The lowest BCUT2D eigenvalue weighted by molar-refractivity contribution is -0.127. The van der Waals surface area contributed by atoms with E-state index in [1.54, 1.807) is 17.2 Å². The first-order chi connectivity index (χ1) is 17.6. The molecule has 2 aromatic heterocycles. The van der Waals surface area contributed by atoms with Crippen LogP contribution in [0.3, 0.4) is 0 Å². The minimum Gasteiger partial charge on any atom is -0.378 e. The number of carbonyl (C=O) groups excluding carboxylic acids is 1. The van der Waals surface area contributed by atoms with E-state index < -0.39 is 5.82 Å². The Kier molecular flexibility index (Phi) is 7.23. The summed E-state index contributed by atoms with van der Waals surface area (Å²) in [6.07, 6.45) is 8.16. The number of hydrogen-bond donors (Lipinski definition) is 2. The lowest BCUT2D eigenvalue weighted by Crippen LogP contribution is -2.45. The zero-order valence-electron chi connectivity index (χ0n) is 20.0. The summed E-state index contributed by atoms with van der Waals surface area (Å²) in [7, 11) is 0. The van der Waals surface area contributed by atoms with E-state index in [4.69, 9.17) is 4.74 Å². The standard InChI is InChI=1S/C25H29FN8O2/c26-21-15-29-25(31-19-5-6-22(28-14-19)33-8-10-36-11-9-33)32-23(21)30-20-2-1-7-34(16-20)24(35)18(13-27)12-17-3-4-17/h5-6,12,14-15,17,20H,1-4,7-11,16H2,(H2,29,30,31,32). The summed E-state index contributed by atoms with van der Waals surface area (Å²) in [6, 6.07) is 5.65. The Morgan fingerprint density at radius 3 is 2.72 bits per heavy atom. The lowest BCUT2D eigenvalue weighted by Gasteiger charge is -2.33. The third-order valence-corrected chi connectivity index (χ3v) is 6.51. The first-order valence-electron chi connectivity index (χ1n) is 12.3. The van der Waals surface area contributed by atoms with Crippen molar-refractivity contribution in [2.24, 2.45) is 5.92 Å². The third kappa shape index (κ3) is 5.88. The number of ether oxygens (including phenoxy) is 1. The molecule has 2 saturated heterocycles. The number of pyridine rings is 1. The van der Waals surface area contributed by atoms with E-state index in [1.807, 2.05) is 18.2 Å². The zero-order valence-corrected chi connectivity index (χ0v) is 20.0. The van der Waals surface area contributed by atoms with E-state index in [2.05, 4.69) is 30.5 Å². The molecule has 2 aromatic rings. The summed E-state index contributed by atoms with van der Waals surface area (Å²) in [5.41, 5.74) is 0.886. The number of allylic oxidation sites excluding steroid dienone is 1. The molecule has 188 valence electrons. The van der Waals surface area contributed by atoms with E-state index in [0.29, 0.717) is 37.9 Å². The van der Waals surface area contributed by atoms with Gasteiger partial charge >= 0.3 is 0 Å². The molecule has 1 amide bonds. The van der Waals surface area contributed by atoms with Crippen LogP contribution in [0.2, 0.25) is 0 Å². The van der Waals surface area contributed by atoms with Crippen molar-refractivity contribution < 1.29 is 13.9 Å². The number of halogens is 1. The van der Waals surface area contributed by atoms with Gasteiger partial charge in [0, 0.05) is 32.2 Å². The molecule has 2 N–H and O–H groups in total. The van der Waals surface area contributed by atoms with Gasteiger partial charge in [0.25, 0.3) is 5.91 Å². The molecule has 11 heteroatoms. The van der Waals surface area contributed by atoms with Gasteiger partial charge < -0.3 is 25.2 Å². The average molecular weight is 493 g/mol. The van der Waals surface area contributed by atoms with Crippen molar-refractivity contribution in [2.75, 3.05) is 54.9 Å². The minimum absolute atomic E-state index is 0.0683. The molecule has 1 saturated carbocycles. The lowest BCUT2D eigenvalue weighted by atomic mass is 10.0. The highest BCUT2D eigenvalue weighted by molar-refractivity contribution is 5.97. The molecular formula is C25H29FN8O2. The number of nitriles is 1. The van der Waals surface area contributed by atoms with Crippen LogP contribution >= 0.6 is 0 Å². The second-order valence-electron chi connectivity index (χ2n) is 9.28. The highest BCUT2D eigenvalue weighted by Crippen LogP contribution is 2.32. The van der Waals surface area contributed by atoms with Crippen molar-refractivity contribution in [2.45, 2.75) is 31.7 Å². The first-order valence-corrected chi connectivity index (χ1v) is 12.3. The van der Waals surface area contributed by atoms with E-state index in [-0.39, 0.29) is 29.3 Å². The van der Waals surface area contributed by atoms with Crippen LogP contribution in [-0.4, -0.2) is 71.2 Å². The topological polar surface area (TPSA) is 119 Å². The summed E-state index contributed by atoms with van der Waals surface area (Å²) in [4.78, 5) is 29.5. The number of aromatic nitrogens is 3. The van der Waals surface area contributed by atoms with Gasteiger partial charge in [-0.2, -0.15) is 10.2 Å². The summed E-state index contributed by atoms with van der Waals surface area (Å²) in [5, 5.41) is 15.6. The molecule has 4 heterocycles. The Hall–Kier alpha value is -3.78. The summed E-state index contributed by atoms with van der Waals surface area (Å²) in [5.74, 6) is 0.690. The van der Waals surface area contributed by atoms with Gasteiger partial charge in [-0.1, -0.05) is 6.08 Å². The van der Waals surface area contributed by atoms with Gasteiger partial charge in [-0.15, -0.1) is 0 Å². The SMILES string of the molecule is N#CC(=CC1CC1)C(=O)N1CCCC(Nc2nc(Nc3ccc(N4CCOCC4)nc3)ncc2F)C1. The molecule has 5 rings (SSSR count). The molecule has 3 aliphatic rings. The minimum atomic E-state index is -0.573. The van der Waals surface area contributed by atoms with Crippen molar-refractivity contribution in [3.8, 4) is 6.07 Å². The maximum absolute atomic E-state index is 14.5. The molecular weight excluding hydrogens is 463 g/mol. The fraction of sp³-hybridized carbons (Fsp3) is 0.480. The van der Waals surface area contributed by atoms with Crippen molar-refractivity contribution >= 4 is 29.2 Å². The quantitative estimate of drug-likeness (QED) is 0.444. The highest BCUT2D eigenvalue weighted by Gasteiger charge is 2.28. The van der Waals surface area contributed by atoms with Gasteiger partial charge in [-0.25, -0.2) is 14.4 Å². The van der Waals surface area contributed by atoms with Gasteiger partial charge in [0.05, 0.1) is 31.3 Å². The van der Waals surface area contributed by atoms with E-state index in [9.17, 15) is 14.4 Å². The Morgan fingerprint density at radius 2 is 2.00 bits per heavy atom. The van der Waals surface area contributed by atoms with Crippen LogP contribution in [0.5, 0.6) is 0 Å². The number of likely N-dealkylation sites (tertiary alicyclic amines) is 1. The summed E-state index contributed by atoms with van der Waals surface area (Å²) >= 11 is 0. The number of nitrogens with one attached hydrogen (secondary N) is 2. The second-order valence-corrected chi connectivity index (χ2v) is 9.28. The number of nitrogens with zero attached hydrogens (tertiary/aromatic N) is 6. The molecule has 0 aromatic carbocycles. The van der Waals surface area contributed by atoms with Crippen LogP contribution in [0.4, 0.5) is 27.7 Å². The summed E-state index contributed by atoms with van der Waals surface area (Å²) in [6.45, 7) is 3.92. The molecule has 3 fully saturated rings. The number of hydrogen-bond acceptors (Lipinski definition) is 9. The smallest absolute Gasteiger partial charge is 0.264 e. The van der Waals surface area contributed by atoms with Gasteiger partial charge in [0.1, 0.15) is 17.5 Å². The number of carbonyl (C=O) groups is 1. The van der Waals surface area contributed by atoms with Crippen LogP contribution in [0.1, 0.15) is 25.7 Å². The Labute approximate surface area is 209 Å². The van der Waals surface area contributed by atoms with Gasteiger partial charge in [-0.3, -0.25) is 4.79 Å². The molecule has 1 unspecified atom stereocenters. The second kappa shape index (κ2) is 10.9. The maximum Gasteiger partial charge on any atom is 0.264 e. The molecule has 10 nitrogen and oxygen atoms in total. The summed E-state index contributed by atoms with van der Waals surface area (Å²) < 4.78 is 19.9. The van der Waals surface area contributed by atoms with Crippen LogP contribution in [-0.2, 0) is 9.53 Å². The van der Waals surface area contributed by atoms with Crippen LogP contribution < -0.4 is 15.5 Å². The molecule has 1 aliphatic carbocycles. The zero-order chi connectivity index (χ0) is 24.9. The number of rotatable bonds is 7. The van der Waals surface area contributed by atoms with E-state index in [0.717, 1.165) is 50.8 Å². The molecule has 0 spiro atoms. The number of morpholine rings is 1. The maximum atomic E-state index is 14.5. The largest absolute Gasteiger partial charge is 0.378 e. The molecule has 2 aliphatic heterocycles. The Morgan fingerprint density at radius 1 is 1.17 bits per heavy atom. The fourth-order valence-corrected chi connectivity index (χ4v) is 4.40. The third-order valence-electron chi connectivity index (χ3n) is 6.51. The monoisotopic (exact) mass is 492 g/mol. The van der Waals surface area contributed by atoms with Gasteiger partial charge in [0.2, 0.25) is 5.95 Å². The van der Waals surface area contributed by atoms with Gasteiger partial charge in [0.15, 0.2) is 11.6 Å².